The molecule has 2 aliphatic heterocycles. The largest absolute Gasteiger partial charge is 0.490 e. The third-order valence-corrected chi connectivity index (χ3v) is 11.0. The first kappa shape index (κ1) is 42.7. The fraction of sp³-hybridized carbons (Fsp3) is 0.667. The van der Waals surface area contributed by atoms with Gasteiger partial charge in [0.05, 0.1) is 51.3 Å². The Labute approximate surface area is 325 Å². The topological polar surface area (TPSA) is 158 Å². The zero-order valence-corrected chi connectivity index (χ0v) is 32.5. The molecule has 1 amide bonds. The molecule has 13 nitrogen and oxygen atoms in total. The first-order valence-corrected chi connectivity index (χ1v) is 20.2. The summed E-state index contributed by atoms with van der Waals surface area (Å²) in [5.41, 5.74) is 2.56. The Hall–Kier alpha value is -3.46. The Morgan fingerprint density at radius 2 is 1.84 bits per heavy atom. The zero-order chi connectivity index (χ0) is 39.0. The lowest BCUT2D eigenvalue weighted by atomic mass is 9.55. The molecule has 5 rings (SSSR count). The van der Waals surface area contributed by atoms with Crippen molar-refractivity contribution in [3.63, 3.8) is 0 Å². The van der Waals surface area contributed by atoms with E-state index in [2.05, 4.69) is 19.2 Å². The van der Waals surface area contributed by atoms with Gasteiger partial charge in [-0.25, -0.2) is 4.79 Å². The maximum atomic E-state index is 14.1. The Morgan fingerprint density at radius 1 is 1.04 bits per heavy atom. The smallest absolute Gasteiger partial charge is 0.410 e. The molecule has 1 saturated heterocycles. The molecule has 0 spiro atoms. The van der Waals surface area contributed by atoms with Gasteiger partial charge in [0.1, 0.15) is 24.1 Å². The van der Waals surface area contributed by atoms with Crippen LogP contribution in [0.2, 0.25) is 0 Å². The Balaban J connectivity index is 1.75. The van der Waals surface area contributed by atoms with Crippen LogP contribution in [-0.2, 0) is 23.8 Å². The highest BCUT2D eigenvalue weighted by Gasteiger charge is 2.65. The molecule has 55 heavy (non-hydrogen) atoms. The van der Waals surface area contributed by atoms with Crippen LogP contribution in [-0.4, -0.2) is 116 Å². The van der Waals surface area contributed by atoms with Crippen LogP contribution >= 0.6 is 0 Å². The average molecular weight is 771 g/mol. The second-order valence-electron chi connectivity index (χ2n) is 14.5. The van der Waals surface area contributed by atoms with Gasteiger partial charge < -0.3 is 48.6 Å². The number of allylic oxidation sites excluding steroid dienone is 1. The van der Waals surface area contributed by atoms with Crippen molar-refractivity contribution in [2.75, 3.05) is 66.0 Å². The van der Waals surface area contributed by atoms with E-state index in [1.54, 1.807) is 24.0 Å². The van der Waals surface area contributed by atoms with Crippen molar-refractivity contribution < 1.29 is 53.4 Å². The third-order valence-electron chi connectivity index (χ3n) is 11.0. The SMILES string of the molecule is C=CCOc1ccc2c(c1)[C@H]1[C@H](CCCCO)[C@@H](CCCCO)C=C3C(=NOC4CCCCO4)C[C@H](N(CCOCCO)C(=O)OCC)[C@@](OCC=C)(O2)[C@H]31. The van der Waals surface area contributed by atoms with Crippen molar-refractivity contribution in [2.24, 2.45) is 22.9 Å². The Morgan fingerprint density at radius 3 is 2.55 bits per heavy atom. The molecule has 1 saturated carbocycles. The number of carbonyl (C=O) groups excluding carboxylic acids is 1. The van der Waals surface area contributed by atoms with Crippen LogP contribution in [0.1, 0.15) is 82.6 Å². The fourth-order valence-corrected chi connectivity index (χ4v) is 8.72. The molecule has 306 valence electrons. The van der Waals surface area contributed by atoms with Crippen molar-refractivity contribution in [1.82, 2.24) is 4.90 Å². The summed E-state index contributed by atoms with van der Waals surface area (Å²) >= 11 is 0. The van der Waals surface area contributed by atoms with Crippen molar-refractivity contribution >= 4 is 11.8 Å². The van der Waals surface area contributed by atoms with Crippen molar-refractivity contribution in [2.45, 2.75) is 95.2 Å². The van der Waals surface area contributed by atoms with Gasteiger partial charge in [-0.3, -0.25) is 4.90 Å². The van der Waals surface area contributed by atoms with E-state index >= 15 is 0 Å². The van der Waals surface area contributed by atoms with E-state index in [9.17, 15) is 20.1 Å². The molecule has 1 unspecified atom stereocenters. The minimum Gasteiger partial charge on any atom is -0.490 e. The number of ether oxygens (including phenoxy) is 6. The molecule has 7 atom stereocenters. The summed E-state index contributed by atoms with van der Waals surface area (Å²) in [6, 6.07) is 5.07. The number of hydrogen-bond acceptors (Lipinski definition) is 12. The summed E-state index contributed by atoms with van der Waals surface area (Å²) in [4.78, 5) is 21.9. The number of rotatable bonds is 23. The third kappa shape index (κ3) is 10.3. The summed E-state index contributed by atoms with van der Waals surface area (Å²) in [6.07, 6.45) is 12.1. The highest BCUT2D eigenvalue weighted by atomic mass is 16.8. The number of unbranched alkanes of at least 4 members (excludes halogenated alkanes) is 2. The number of aliphatic hydroxyl groups excluding tert-OH is 3. The van der Waals surface area contributed by atoms with E-state index < -0.39 is 30.1 Å². The number of carbonyl (C=O) groups is 1. The number of aliphatic hydroxyl groups is 3. The highest BCUT2D eigenvalue weighted by molar-refractivity contribution is 6.03. The van der Waals surface area contributed by atoms with Gasteiger partial charge in [0.25, 0.3) is 0 Å². The van der Waals surface area contributed by atoms with Crippen LogP contribution in [0, 0.1) is 17.8 Å². The van der Waals surface area contributed by atoms with Crippen LogP contribution in [0.3, 0.4) is 0 Å². The standard InChI is InChI=1S/C42H62N2O11/c1-4-22-51-31-16-17-36-34(28-31)39-32(14-8-11-20-46)30(13-7-10-19-45)27-33-35(43-55-38-15-9-12-24-52-38)29-37(42(54-36,40(33)39)53-23-5-2)44(41(48)50-6-3)18-25-49-26-21-47/h4-5,16-17,27-28,30,32,37-40,45-47H,1-2,6-15,18-26,29H2,3H3/t30-,32+,37-,38?,39+,40+,42+/m0/s1. The Bertz CT molecular complexity index is 1450. The molecule has 0 radical (unpaired) electrons. The molecular formula is C42H62N2O11. The molecule has 2 heterocycles. The minimum absolute atomic E-state index is 0.0644. The van der Waals surface area contributed by atoms with E-state index in [4.69, 9.17) is 38.4 Å². The Kier molecular flexibility index (Phi) is 16.9. The first-order chi connectivity index (χ1) is 27.0. The fourth-order valence-electron chi connectivity index (χ4n) is 8.72. The van der Waals surface area contributed by atoms with E-state index in [0.29, 0.717) is 43.3 Å². The second kappa shape index (κ2) is 21.7. The summed E-state index contributed by atoms with van der Waals surface area (Å²) in [5.74, 6) is -0.666. The maximum Gasteiger partial charge on any atom is 0.410 e. The van der Waals surface area contributed by atoms with Gasteiger partial charge in [0.2, 0.25) is 12.1 Å². The second-order valence-corrected chi connectivity index (χ2v) is 14.5. The molecule has 1 aromatic rings. The monoisotopic (exact) mass is 770 g/mol. The van der Waals surface area contributed by atoms with Crippen LogP contribution in [0.15, 0.2) is 60.3 Å². The van der Waals surface area contributed by atoms with Gasteiger partial charge in [0.15, 0.2) is 0 Å². The number of nitrogens with zero attached hydrogens (tertiary/aromatic N) is 2. The lowest BCUT2D eigenvalue weighted by Crippen LogP contribution is -2.70. The molecule has 13 heteroatoms. The highest BCUT2D eigenvalue weighted by Crippen LogP contribution is 2.62. The summed E-state index contributed by atoms with van der Waals surface area (Å²) in [6.45, 7) is 11.2. The zero-order valence-electron chi connectivity index (χ0n) is 32.5. The van der Waals surface area contributed by atoms with Gasteiger partial charge in [-0.05, 0) is 81.1 Å². The van der Waals surface area contributed by atoms with Crippen LogP contribution in [0.5, 0.6) is 11.5 Å². The van der Waals surface area contributed by atoms with Crippen molar-refractivity contribution in [3.8, 4) is 11.5 Å². The van der Waals surface area contributed by atoms with E-state index in [-0.39, 0.29) is 77.0 Å². The molecule has 0 aromatic heterocycles. The van der Waals surface area contributed by atoms with Crippen LogP contribution in [0.25, 0.3) is 0 Å². The van der Waals surface area contributed by atoms with Gasteiger partial charge in [0, 0.05) is 44.1 Å². The number of benzene rings is 1. The minimum atomic E-state index is -1.43. The van der Waals surface area contributed by atoms with Crippen molar-refractivity contribution in [1.29, 1.82) is 0 Å². The quantitative estimate of drug-likeness (QED) is 0.0694. The predicted molar refractivity (Wildman–Crippen MR) is 207 cm³/mol. The molecule has 4 aliphatic rings. The van der Waals surface area contributed by atoms with E-state index in [1.165, 1.54) is 0 Å². The lowest BCUT2D eigenvalue weighted by molar-refractivity contribution is -0.256. The van der Waals surface area contributed by atoms with Gasteiger partial charge in [-0.2, -0.15) is 0 Å². The van der Waals surface area contributed by atoms with E-state index in [1.807, 2.05) is 18.2 Å². The van der Waals surface area contributed by atoms with Gasteiger partial charge in [-0.1, -0.05) is 42.8 Å². The van der Waals surface area contributed by atoms with Gasteiger partial charge >= 0.3 is 6.09 Å². The summed E-state index contributed by atoms with van der Waals surface area (Å²) < 4.78 is 37.6. The summed E-state index contributed by atoms with van der Waals surface area (Å²) in [5, 5.41) is 34.0. The summed E-state index contributed by atoms with van der Waals surface area (Å²) in [7, 11) is 0. The molecular weight excluding hydrogens is 708 g/mol. The molecule has 0 bridgehead atoms. The predicted octanol–water partition coefficient (Wildman–Crippen LogP) is 5.88. The van der Waals surface area contributed by atoms with Crippen LogP contribution < -0.4 is 9.47 Å². The number of fused-ring (bicyclic) bond motifs is 2. The van der Waals surface area contributed by atoms with E-state index in [0.717, 1.165) is 56.1 Å². The van der Waals surface area contributed by atoms with Crippen molar-refractivity contribution in [3.05, 3.63) is 60.7 Å². The van der Waals surface area contributed by atoms with Gasteiger partial charge in [-0.15, -0.1) is 6.58 Å². The number of oxime groups is 1. The molecule has 3 N–H and O–H groups in total. The average Bonchev–Trinajstić information content (AvgIpc) is 3.20. The number of amides is 1. The molecule has 2 fully saturated rings. The lowest BCUT2D eigenvalue weighted by Gasteiger charge is -2.59. The first-order valence-electron chi connectivity index (χ1n) is 20.2. The normalized spacial score (nSPS) is 27.6. The maximum absolute atomic E-state index is 14.1. The molecule has 1 aromatic carbocycles. The van der Waals surface area contributed by atoms with Crippen LogP contribution in [0.4, 0.5) is 4.79 Å². The number of hydrogen-bond donors (Lipinski definition) is 3. The molecule has 2 aliphatic carbocycles.